The van der Waals surface area contributed by atoms with Crippen molar-refractivity contribution in [2.24, 2.45) is 4.99 Å². The molecule has 7 nitrogen and oxygen atoms in total. The number of hydrogen-bond donors (Lipinski definition) is 2. The zero-order valence-corrected chi connectivity index (χ0v) is 8.26. The SMILES string of the molecule is CC(=O)/C(C=Nc1nonc1N)=C(\C)O. The Balaban J connectivity index is 2.95. The van der Waals surface area contributed by atoms with Crippen molar-refractivity contribution in [1.29, 1.82) is 0 Å². The van der Waals surface area contributed by atoms with Crippen LogP contribution in [0.25, 0.3) is 0 Å². The summed E-state index contributed by atoms with van der Waals surface area (Å²) in [5.74, 6) is -0.352. The Hall–Kier alpha value is -2.18. The fourth-order valence-corrected chi connectivity index (χ4v) is 0.845. The van der Waals surface area contributed by atoms with Crippen LogP contribution in [-0.4, -0.2) is 27.4 Å². The molecular formula is C8H10N4O3. The first kappa shape index (κ1) is 10.9. The lowest BCUT2D eigenvalue weighted by molar-refractivity contribution is -0.113. The van der Waals surface area contributed by atoms with Gasteiger partial charge in [0.15, 0.2) is 5.78 Å². The lowest BCUT2D eigenvalue weighted by Crippen LogP contribution is -2.01. The zero-order chi connectivity index (χ0) is 11.4. The smallest absolute Gasteiger partial charge is 0.240 e. The van der Waals surface area contributed by atoms with Gasteiger partial charge in [0.05, 0.1) is 5.57 Å². The summed E-state index contributed by atoms with van der Waals surface area (Å²) >= 11 is 0. The molecule has 0 amide bonds. The predicted molar refractivity (Wildman–Crippen MR) is 52.9 cm³/mol. The van der Waals surface area contributed by atoms with Crippen LogP contribution < -0.4 is 5.73 Å². The van der Waals surface area contributed by atoms with E-state index in [1.54, 1.807) is 0 Å². The Bertz CT molecular complexity index is 429. The van der Waals surface area contributed by atoms with Crippen LogP contribution in [0.1, 0.15) is 13.8 Å². The molecule has 0 spiro atoms. The monoisotopic (exact) mass is 210 g/mol. The predicted octanol–water partition coefficient (Wildman–Crippen LogP) is 0.775. The van der Waals surface area contributed by atoms with Crippen LogP contribution >= 0.6 is 0 Å². The molecule has 0 saturated carbocycles. The molecule has 0 bridgehead atoms. The molecule has 0 fully saturated rings. The second-order valence-corrected chi connectivity index (χ2v) is 2.79. The Labute approximate surface area is 85.3 Å². The minimum absolute atomic E-state index is 0.0183. The number of aliphatic hydroxyl groups is 1. The number of nitrogens with two attached hydrogens (primary N) is 1. The number of Topliss-reactive ketones (excluding diaryl/α,β-unsaturated/α-hetero) is 1. The summed E-state index contributed by atoms with van der Waals surface area (Å²) in [6.45, 7) is 2.69. The first-order valence-electron chi connectivity index (χ1n) is 4.05. The highest BCUT2D eigenvalue weighted by Crippen LogP contribution is 2.15. The number of aliphatic imine (C=N–C) groups is 1. The van der Waals surface area contributed by atoms with Gasteiger partial charge in [-0.25, -0.2) is 9.62 Å². The van der Waals surface area contributed by atoms with E-state index in [2.05, 4.69) is 19.9 Å². The Morgan fingerprint density at radius 3 is 2.60 bits per heavy atom. The molecule has 0 aromatic carbocycles. The van der Waals surface area contributed by atoms with E-state index in [0.29, 0.717) is 0 Å². The maximum Gasteiger partial charge on any atom is 0.240 e. The number of ketones is 1. The van der Waals surface area contributed by atoms with Crippen LogP contribution in [-0.2, 0) is 4.79 Å². The Morgan fingerprint density at radius 1 is 1.53 bits per heavy atom. The molecule has 1 rings (SSSR count). The van der Waals surface area contributed by atoms with E-state index in [9.17, 15) is 4.79 Å². The van der Waals surface area contributed by atoms with Gasteiger partial charge in [-0.1, -0.05) is 0 Å². The fraction of sp³-hybridized carbons (Fsp3) is 0.250. The van der Waals surface area contributed by atoms with Crippen molar-refractivity contribution in [2.75, 3.05) is 5.73 Å². The molecule has 0 aliphatic carbocycles. The number of carbonyl (C=O) groups excluding carboxylic acids is 1. The van der Waals surface area contributed by atoms with Crippen LogP contribution in [0.5, 0.6) is 0 Å². The molecule has 0 atom stereocenters. The largest absolute Gasteiger partial charge is 0.512 e. The number of hydrogen-bond acceptors (Lipinski definition) is 7. The molecule has 0 aliphatic rings. The summed E-state index contributed by atoms with van der Waals surface area (Å²) in [5.41, 5.74) is 5.42. The zero-order valence-electron chi connectivity index (χ0n) is 8.26. The maximum atomic E-state index is 11.0. The highest BCUT2D eigenvalue weighted by Gasteiger charge is 2.07. The molecule has 15 heavy (non-hydrogen) atoms. The number of anilines is 1. The number of nitrogens with zero attached hydrogens (tertiary/aromatic N) is 3. The minimum Gasteiger partial charge on any atom is -0.512 e. The highest BCUT2D eigenvalue weighted by molar-refractivity contribution is 6.12. The average Bonchev–Trinajstić information content (AvgIpc) is 2.51. The van der Waals surface area contributed by atoms with Crippen molar-refractivity contribution in [2.45, 2.75) is 13.8 Å². The lowest BCUT2D eigenvalue weighted by atomic mass is 10.2. The van der Waals surface area contributed by atoms with E-state index in [0.717, 1.165) is 6.21 Å². The minimum atomic E-state index is -0.311. The van der Waals surface area contributed by atoms with Crippen molar-refractivity contribution in [3.8, 4) is 0 Å². The first-order chi connectivity index (χ1) is 7.02. The van der Waals surface area contributed by atoms with E-state index in [4.69, 9.17) is 10.8 Å². The Kier molecular flexibility index (Phi) is 3.17. The molecule has 7 heteroatoms. The van der Waals surface area contributed by atoms with E-state index < -0.39 is 0 Å². The first-order valence-corrected chi connectivity index (χ1v) is 4.05. The number of allylic oxidation sites excluding steroid dienone is 2. The van der Waals surface area contributed by atoms with Gasteiger partial charge >= 0.3 is 0 Å². The normalized spacial score (nSPS) is 12.9. The topological polar surface area (TPSA) is 115 Å². The molecule has 1 heterocycles. The molecule has 80 valence electrons. The van der Waals surface area contributed by atoms with Gasteiger partial charge in [0.1, 0.15) is 5.76 Å². The van der Waals surface area contributed by atoms with Crippen LogP contribution in [0.15, 0.2) is 21.0 Å². The molecular weight excluding hydrogens is 200 g/mol. The van der Waals surface area contributed by atoms with Gasteiger partial charge in [0.2, 0.25) is 11.6 Å². The molecule has 3 N–H and O–H groups in total. The third kappa shape index (κ3) is 2.63. The van der Waals surface area contributed by atoms with E-state index in [-0.39, 0.29) is 28.8 Å². The summed E-state index contributed by atoms with van der Waals surface area (Å²) < 4.78 is 4.30. The van der Waals surface area contributed by atoms with Gasteiger partial charge in [-0.2, -0.15) is 0 Å². The molecule has 0 aliphatic heterocycles. The van der Waals surface area contributed by atoms with Crippen LogP contribution in [0.2, 0.25) is 0 Å². The van der Waals surface area contributed by atoms with Crippen molar-refractivity contribution in [3.63, 3.8) is 0 Å². The average molecular weight is 210 g/mol. The third-order valence-electron chi connectivity index (χ3n) is 1.58. The maximum absolute atomic E-state index is 11.0. The van der Waals surface area contributed by atoms with Gasteiger partial charge in [0.25, 0.3) is 0 Å². The molecule has 0 saturated heterocycles. The molecule has 1 aromatic heterocycles. The van der Waals surface area contributed by atoms with Crippen molar-refractivity contribution < 1.29 is 14.5 Å². The van der Waals surface area contributed by atoms with Gasteiger partial charge in [-0.3, -0.25) is 4.79 Å². The summed E-state index contributed by atoms with van der Waals surface area (Å²) in [4.78, 5) is 14.8. The standard InChI is InChI=1S/C8H10N4O3/c1-4(13)6(5(2)14)3-10-8-7(9)11-15-12-8/h3,13H,1-2H3,(H2,9,11)/b6-4+,10-3?. The molecule has 1 aromatic rings. The summed E-state index contributed by atoms with van der Waals surface area (Å²) in [7, 11) is 0. The number of aromatic nitrogens is 2. The number of carbonyl (C=O) groups is 1. The van der Waals surface area contributed by atoms with Gasteiger partial charge < -0.3 is 10.8 Å². The van der Waals surface area contributed by atoms with E-state index >= 15 is 0 Å². The molecule has 0 unspecified atom stereocenters. The summed E-state index contributed by atoms with van der Waals surface area (Å²) in [5, 5.41) is 15.8. The van der Waals surface area contributed by atoms with Gasteiger partial charge in [-0.05, 0) is 24.2 Å². The lowest BCUT2D eigenvalue weighted by Gasteiger charge is -1.96. The van der Waals surface area contributed by atoms with Crippen LogP contribution in [0.3, 0.4) is 0 Å². The van der Waals surface area contributed by atoms with Crippen molar-refractivity contribution in [3.05, 3.63) is 11.3 Å². The van der Waals surface area contributed by atoms with Crippen LogP contribution in [0.4, 0.5) is 11.6 Å². The highest BCUT2D eigenvalue weighted by atomic mass is 16.6. The second kappa shape index (κ2) is 4.36. The van der Waals surface area contributed by atoms with Crippen molar-refractivity contribution >= 4 is 23.6 Å². The summed E-state index contributed by atoms with van der Waals surface area (Å²) in [6.07, 6.45) is 1.16. The van der Waals surface area contributed by atoms with E-state index in [1.165, 1.54) is 13.8 Å². The number of nitrogen functional groups attached to an aromatic ring is 1. The number of rotatable bonds is 3. The number of aliphatic hydroxyl groups excluding tert-OH is 1. The van der Waals surface area contributed by atoms with E-state index in [1.807, 2.05) is 0 Å². The molecule has 0 radical (unpaired) electrons. The van der Waals surface area contributed by atoms with Gasteiger partial charge in [0, 0.05) is 6.21 Å². The Morgan fingerprint density at radius 2 is 2.20 bits per heavy atom. The fourth-order valence-electron chi connectivity index (χ4n) is 0.845. The quantitative estimate of drug-likeness (QED) is 0.432. The second-order valence-electron chi connectivity index (χ2n) is 2.79. The third-order valence-corrected chi connectivity index (χ3v) is 1.58. The summed E-state index contributed by atoms with van der Waals surface area (Å²) in [6, 6.07) is 0. The van der Waals surface area contributed by atoms with Crippen LogP contribution in [0, 0.1) is 0 Å². The van der Waals surface area contributed by atoms with Crippen molar-refractivity contribution in [1.82, 2.24) is 10.3 Å². The van der Waals surface area contributed by atoms with Gasteiger partial charge in [-0.15, -0.1) is 0 Å².